The van der Waals surface area contributed by atoms with Gasteiger partial charge in [0, 0.05) is 13.6 Å². The Morgan fingerprint density at radius 3 is 2.47 bits per heavy atom. The molecule has 0 saturated carbocycles. The minimum absolute atomic E-state index is 0.345. The molecule has 0 spiro atoms. The van der Waals surface area contributed by atoms with Gasteiger partial charge in [-0.25, -0.2) is 0 Å². The molecule has 19 heavy (non-hydrogen) atoms. The van der Waals surface area contributed by atoms with Crippen LogP contribution in [0, 0.1) is 0 Å². The molecule has 1 aromatic rings. The fraction of sp³-hybridized carbons (Fsp3) is 0.750. The summed E-state index contributed by atoms with van der Waals surface area (Å²) in [5.41, 5.74) is 0. The fourth-order valence-electron chi connectivity index (χ4n) is 1.49. The highest BCUT2D eigenvalue weighted by Gasteiger charge is 2.05. The van der Waals surface area contributed by atoms with Gasteiger partial charge in [-0.3, -0.25) is 0 Å². The van der Waals surface area contributed by atoms with E-state index in [4.69, 9.17) is 4.74 Å². The molecule has 0 saturated heterocycles. The molecule has 0 fully saturated rings. The number of hydrogen-bond acceptors (Lipinski definition) is 7. The van der Waals surface area contributed by atoms with Crippen LogP contribution in [0.2, 0.25) is 0 Å². The summed E-state index contributed by atoms with van der Waals surface area (Å²) in [4.78, 5) is 14.7. The number of nitrogens with zero attached hydrogens (tertiary/aromatic N) is 4. The van der Waals surface area contributed by atoms with Gasteiger partial charge in [-0.1, -0.05) is 0 Å². The van der Waals surface area contributed by atoms with Crippen LogP contribution < -0.4 is 15.4 Å². The Morgan fingerprint density at radius 2 is 1.84 bits per heavy atom. The first-order valence-corrected chi connectivity index (χ1v) is 6.61. The second-order valence-electron chi connectivity index (χ2n) is 4.39. The SMILES string of the molecule is CCOc1nc(NC)nc(NCCCCN(C)C)n1. The van der Waals surface area contributed by atoms with E-state index in [1.165, 1.54) is 0 Å². The maximum Gasteiger partial charge on any atom is 0.323 e. The molecule has 0 atom stereocenters. The number of aromatic nitrogens is 3. The third-order valence-corrected chi connectivity index (χ3v) is 2.43. The first kappa shape index (κ1) is 15.4. The average Bonchev–Trinajstić information content (AvgIpc) is 2.38. The lowest BCUT2D eigenvalue weighted by molar-refractivity contribution is 0.312. The normalized spacial score (nSPS) is 10.6. The molecule has 1 heterocycles. The smallest absolute Gasteiger partial charge is 0.323 e. The molecule has 0 radical (unpaired) electrons. The van der Waals surface area contributed by atoms with E-state index in [-0.39, 0.29) is 0 Å². The van der Waals surface area contributed by atoms with Crippen molar-refractivity contribution < 1.29 is 4.74 Å². The summed E-state index contributed by atoms with van der Waals surface area (Å²) in [6.07, 6.45) is 2.21. The Bertz CT molecular complexity index is 371. The van der Waals surface area contributed by atoms with Gasteiger partial charge in [-0.2, -0.15) is 15.0 Å². The molecule has 0 aliphatic carbocycles. The van der Waals surface area contributed by atoms with Crippen molar-refractivity contribution in [2.75, 3.05) is 51.5 Å². The van der Waals surface area contributed by atoms with Crippen molar-refractivity contribution in [2.45, 2.75) is 19.8 Å². The van der Waals surface area contributed by atoms with Gasteiger partial charge in [0.2, 0.25) is 11.9 Å². The van der Waals surface area contributed by atoms with Crippen molar-refractivity contribution in [1.29, 1.82) is 0 Å². The second-order valence-corrected chi connectivity index (χ2v) is 4.39. The highest BCUT2D eigenvalue weighted by molar-refractivity contribution is 5.35. The topological polar surface area (TPSA) is 75.2 Å². The maximum atomic E-state index is 5.30. The van der Waals surface area contributed by atoms with Gasteiger partial charge >= 0.3 is 6.01 Å². The molecule has 1 aromatic heterocycles. The van der Waals surface area contributed by atoms with E-state index in [1.54, 1.807) is 7.05 Å². The molecule has 0 aromatic carbocycles. The Hall–Kier alpha value is -1.63. The molecular formula is C12H24N6O. The minimum Gasteiger partial charge on any atom is -0.464 e. The van der Waals surface area contributed by atoms with E-state index in [0.29, 0.717) is 24.5 Å². The first-order valence-electron chi connectivity index (χ1n) is 6.61. The van der Waals surface area contributed by atoms with Crippen LogP contribution in [-0.2, 0) is 0 Å². The van der Waals surface area contributed by atoms with Crippen LogP contribution in [0.15, 0.2) is 0 Å². The highest BCUT2D eigenvalue weighted by atomic mass is 16.5. The zero-order valence-electron chi connectivity index (χ0n) is 12.2. The highest BCUT2D eigenvalue weighted by Crippen LogP contribution is 2.10. The lowest BCUT2D eigenvalue weighted by Crippen LogP contribution is -2.15. The van der Waals surface area contributed by atoms with E-state index in [0.717, 1.165) is 25.9 Å². The molecule has 1 rings (SSSR count). The predicted molar refractivity (Wildman–Crippen MR) is 76.8 cm³/mol. The summed E-state index contributed by atoms with van der Waals surface area (Å²) in [5.74, 6) is 1.06. The Balaban J connectivity index is 2.45. The minimum atomic E-state index is 0.345. The lowest BCUT2D eigenvalue weighted by atomic mass is 10.3. The largest absolute Gasteiger partial charge is 0.464 e. The van der Waals surface area contributed by atoms with E-state index in [9.17, 15) is 0 Å². The van der Waals surface area contributed by atoms with E-state index < -0.39 is 0 Å². The van der Waals surface area contributed by atoms with E-state index in [1.807, 2.05) is 6.92 Å². The molecule has 7 nitrogen and oxygen atoms in total. The summed E-state index contributed by atoms with van der Waals surface area (Å²) in [5, 5.41) is 6.08. The number of rotatable bonds is 9. The molecule has 7 heteroatoms. The van der Waals surface area contributed by atoms with Crippen molar-refractivity contribution in [3.8, 4) is 6.01 Å². The lowest BCUT2D eigenvalue weighted by Gasteiger charge is -2.10. The molecule has 0 bridgehead atoms. The molecule has 0 aliphatic heterocycles. The Morgan fingerprint density at radius 1 is 1.11 bits per heavy atom. The second kappa shape index (κ2) is 8.47. The van der Waals surface area contributed by atoms with Crippen LogP contribution in [0.5, 0.6) is 6.01 Å². The van der Waals surface area contributed by atoms with Crippen LogP contribution in [0.4, 0.5) is 11.9 Å². The van der Waals surface area contributed by atoms with Gasteiger partial charge in [-0.15, -0.1) is 0 Å². The summed E-state index contributed by atoms with van der Waals surface area (Å²) < 4.78 is 5.30. The number of hydrogen-bond donors (Lipinski definition) is 2. The third-order valence-electron chi connectivity index (χ3n) is 2.43. The van der Waals surface area contributed by atoms with Crippen molar-refractivity contribution in [3.05, 3.63) is 0 Å². The Kier molecular flexibility index (Phi) is 6.88. The van der Waals surface area contributed by atoms with Gasteiger partial charge in [0.05, 0.1) is 6.61 Å². The molecule has 0 aliphatic rings. The summed E-state index contributed by atoms with van der Waals surface area (Å²) in [7, 11) is 5.92. The zero-order valence-corrected chi connectivity index (χ0v) is 12.2. The fourth-order valence-corrected chi connectivity index (χ4v) is 1.49. The van der Waals surface area contributed by atoms with Crippen LogP contribution >= 0.6 is 0 Å². The number of nitrogens with one attached hydrogen (secondary N) is 2. The van der Waals surface area contributed by atoms with Gasteiger partial charge < -0.3 is 20.3 Å². The van der Waals surface area contributed by atoms with Crippen molar-refractivity contribution in [2.24, 2.45) is 0 Å². The third kappa shape index (κ3) is 6.19. The van der Waals surface area contributed by atoms with Gasteiger partial charge in [0.1, 0.15) is 0 Å². The van der Waals surface area contributed by atoms with Gasteiger partial charge in [0.15, 0.2) is 0 Å². The van der Waals surface area contributed by atoms with Crippen molar-refractivity contribution in [1.82, 2.24) is 19.9 Å². The summed E-state index contributed by atoms with van der Waals surface area (Å²) in [6, 6.07) is 0.345. The molecule has 0 amide bonds. The molecular weight excluding hydrogens is 244 g/mol. The monoisotopic (exact) mass is 268 g/mol. The Labute approximate surface area is 114 Å². The van der Waals surface area contributed by atoms with E-state index >= 15 is 0 Å². The van der Waals surface area contributed by atoms with Crippen molar-refractivity contribution >= 4 is 11.9 Å². The molecule has 0 unspecified atom stereocenters. The van der Waals surface area contributed by atoms with E-state index in [2.05, 4.69) is 44.6 Å². The standard InChI is InChI=1S/C12H24N6O/c1-5-19-12-16-10(13-2)15-11(17-12)14-8-6-7-9-18(3)4/h5-9H2,1-4H3,(H2,13,14,15,16,17). The first-order chi connectivity index (χ1) is 9.15. The summed E-state index contributed by atoms with van der Waals surface area (Å²) in [6.45, 7) is 4.37. The molecule has 2 N–H and O–H groups in total. The number of ether oxygens (including phenoxy) is 1. The zero-order chi connectivity index (χ0) is 14.1. The average molecular weight is 268 g/mol. The van der Waals surface area contributed by atoms with Gasteiger partial charge in [0.25, 0.3) is 0 Å². The quantitative estimate of drug-likeness (QED) is 0.649. The van der Waals surface area contributed by atoms with Gasteiger partial charge in [-0.05, 0) is 40.4 Å². The predicted octanol–water partition coefficient (Wildman–Crippen LogP) is 1.07. The van der Waals surface area contributed by atoms with Crippen molar-refractivity contribution in [3.63, 3.8) is 0 Å². The van der Waals surface area contributed by atoms with Crippen LogP contribution in [0.25, 0.3) is 0 Å². The maximum absolute atomic E-state index is 5.30. The van der Waals surface area contributed by atoms with Crippen LogP contribution in [0.3, 0.4) is 0 Å². The van der Waals surface area contributed by atoms with Crippen LogP contribution in [-0.4, -0.2) is 60.7 Å². The number of anilines is 2. The molecule has 108 valence electrons. The number of unbranched alkanes of at least 4 members (excludes halogenated alkanes) is 1. The van der Waals surface area contributed by atoms with Crippen LogP contribution in [0.1, 0.15) is 19.8 Å². The summed E-state index contributed by atoms with van der Waals surface area (Å²) >= 11 is 0.